The zero-order valence-electron chi connectivity index (χ0n) is 12.0. The van der Waals surface area contributed by atoms with Gasteiger partial charge < -0.3 is 9.47 Å². The van der Waals surface area contributed by atoms with Crippen LogP contribution in [0.3, 0.4) is 0 Å². The minimum absolute atomic E-state index is 0.201. The van der Waals surface area contributed by atoms with Gasteiger partial charge in [0.05, 0.1) is 6.10 Å². The van der Waals surface area contributed by atoms with Gasteiger partial charge >= 0.3 is 6.16 Å². The lowest BCUT2D eigenvalue weighted by Crippen LogP contribution is -2.15. The first-order chi connectivity index (χ1) is 10.1. The molecule has 0 heterocycles. The Hall–Kier alpha value is -2.55. The minimum Gasteiger partial charge on any atom is -0.431 e. The lowest BCUT2D eigenvalue weighted by Gasteiger charge is -2.11. The van der Waals surface area contributed by atoms with Gasteiger partial charge in [0.25, 0.3) is 0 Å². The second-order valence-electron chi connectivity index (χ2n) is 5.20. The summed E-state index contributed by atoms with van der Waals surface area (Å²) in [6.07, 6.45) is -0.876. The van der Waals surface area contributed by atoms with Crippen LogP contribution < -0.4 is 4.74 Å². The van der Waals surface area contributed by atoms with E-state index in [9.17, 15) is 4.79 Å². The van der Waals surface area contributed by atoms with Crippen LogP contribution in [-0.2, 0) is 4.74 Å². The highest BCUT2D eigenvalue weighted by molar-refractivity contribution is 6.01. The maximum Gasteiger partial charge on any atom is 0.514 e. The molecule has 0 aliphatic heterocycles. The van der Waals surface area contributed by atoms with Crippen molar-refractivity contribution in [1.29, 1.82) is 0 Å². The molecule has 3 nitrogen and oxygen atoms in total. The zero-order valence-corrected chi connectivity index (χ0v) is 12.0. The average molecular weight is 280 g/mol. The molecule has 0 spiro atoms. The van der Waals surface area contributed by atoms with E-state index in [0.717, 1.165) is 21.5 Å². The first kappa shape index (κ1) is 13.4. The van der Waals surface area contributed by atoms with Crippen molar-refractivity contribution in [3.63, 3.8) is 0 Å². The lowest BCUT2D eigenvalue weighted by atomic mass is 10.0. The van der Waals surface area contributed by atoms with Crippen LogP contribution in [0.1, 0.15) is 13.8 Å². The van der Waals surface area contributed by atoms with Crippen LogP contribution >= 0.6 is 0 Å². The lowest BCUT2D eigenvalue weighted by molar-refractivity contribution is 0.0733. The van der Waals surface area contributed by atoms with Crippen LogP contribution in [0, 0.1) is 0 Å². The van der Waals surface area contributed by atoms with Crippen molar-refractivity contribution in [3.05, 3.63) is 54.6 Å². The van der Waals surface area contributed by atoms with Crippen LogP contribution in [0.2, 0.25) is 0 Å². The van der Waals surface area contributed by atoms with Crippen molar-refractivity contribution in [2.24, 2.45) is 0 Å². The molecule has 3 heteroatoms. The molecule has 0 aliphatic rings. The van der Waals surface area contributed by atoms with Gasteiger partial charge in [-0.2, -0.15) is 0 Å². The summed E-state index contributed by atoms with van der Waals surface area (Å²) in [6, 6.07) is 17.9. The summed E-state index contributed by atoms with van der Waals surface area (Å²) in [5.41, 5.74) is 0. The molecule has 0 saturated heterocycles. The Bertz CT molecular complexity index is 806. The fourth-order valence-electron chi connectivity index (χ4n) is 2.33. The highest BCUT2D eigenvalue weighted by atomic mass is 16.7. The number of carbonyl (C=O) groups is 1. The Morgan fingerprint density at radius 3 is 2.29 bits per heavy atom. The van der Waals surface area contributed by atoms with Crippen molar-refractivity contribution in [2.75, 3.05) is 0 Å². The third-order valence-electron chi connectivity index (χ3n) is 3.23. The first-order valence-corrected chi connectivity index (χ1v) is 6.93. The van der Waals surface area contributed by atoms with Crippen LogP contribution in [0.15, 0.2) is 54.6 Å². The molecule has 0 aliphatic carbocycles. The maximum atomic E-state index is 11.7. The quantitative estimate of drug-likeness (QED) is 0.380. The standard InChI is InChI=1S/C18H16O3/c1-12(2)20-18(19)21-17-9-5-8-15-10-13-6-3-4-7-14(13)11-16(15)17/h3-12H,1-2H3. The highest BCUT2D eigenvalue weighted by Crippen LogP contribution is 2.30. The van der Waals surface area contributed by atoms with Crippen LogP contribution in [0.5, 0.6) is 5.75 Å². The van der Waals surface area contributed by atoms with E-state index in [4.69, 9.17) is 9.47 Å². The molecule has 0 amide bonds. The SMILES string of the molecule is CC(C)OC(=O)Oc1cccc2cc3ccccc3cc12. The second kappa shape index (κ2) is 5.44. The van der Waals surface area contributed by atoms with Gasteiger partial charge in [-0.1, -0.05) is 36.4 Å². The predicted octanol–water partition coefficient (Wildman–Crippen LogP) is 4.92. The Labute approximate surface area is 123 Å². The fourth-order valence-corrected chi connectivity index (χ4v) is 2.33. The fraction of sp³-hybridized carbons (Fsp3) is 0.167. The number of hydrogen-bond acceptors (Lipinski definition) is 3. The molecule has 21 heavy (non-hydrogen) atoms. The molecule has 0 atom stereocenters. The molecule has 0 saturated carbocycles. The van der Waals surface area contributed by atoms with Gasteiger partial charge in [0.1, 0.15) is 5.75 Å². The number of carbonyl (C=O) groups excluding carboxylic acids is 1. The molecule has 106 valence electrons. The molecule has 0 aromatic heterocycles. The van der Waals surface area contributed by atoms with Crippen LogP contribution in [-0.4, -0.2) is 12.3 Å². The molecule has 3 aromatic carbocycles. The topological polar surface area (TPSA) is 35.5 Å². The predicted molar refractivity (Wildman–Crippen MR) is 83.7 cm³/mol. The summed E-state index contributed by atoms with van der Waals surface area (Å²) in [7, 11) is 0. The average Bonchev–Trinajstić information content (AvgIpc) is 2.45. The number of benzene rings is 3. The smallest absolute Gasteiger partial charge is 0.431 e. The van der Waals surface area contributed by atoms with E-state index in [2.05, 4.69) is 12.1 Å². The summed E-state index contributed by atoms with van der Waals surface area (Å²) < 4.78 is 10.4. The van der Waals surface area contributed by atoms with Crippen LogP contribution in [0.25, 0.3) is 21.5 Å². The molecular weight excluding hydrogens is 264 g/mol. The van der Waals surface area contributed by atoms with Gasteiger partial charge in [0.15, 0.2) is 0 Å². The second-order valence-corrected chi connectivity index (χ2v) is 5.20. The van der Waals surface area contributed by atoms with Crippen LogP contribution in [0.4, 0.5) is 4.79 Å². The Balaban J connectivity index is 2.06. The van der Waals surface area contributed by atoms with Gasteiger partial charge in [-0.05, 0) is 48.2 Å². The van der Waals surface area contributed by atoms with Crippen molar-refractivity contribution >= 4 is 27.7 Å². The Morgan fingerprint density at radius 1 is 0.905 bits per heavy atom. The van der Waals surface area contributed by atoms with Gasteiger partial charge in [-0.25, -0.2) is 4.79 Å². The van der Waals surface area contributed by atoms with Gasteiger partial charge in [0.2, 0.25) is 0 Å². The third kappa shape index (κ3) is 2.82. The van der Waals surface area contributed by atoms with E-state index in [1.54, 1.807) is 19.9 Å². The Kier molecular flexibility index (Phi) is 3.48. The molecule has 0 unspecified atom stereocenters. The molecule has 3 rings (SSSR count). The number of fused-ring (bicyclic) bond motifs is 2. The number of ether oxygens (including phenoxy) is 2. The molecule has 0 bridgehead atoms. The van der Waals surface area contributed by atoms with E-state index in [1.807, 2.05) is 36.4 Å². The summed E-state index contributed by atoms with van der Waals surface area (Å²) in [5, 5.41) is 4.20. The number of hydrogen-bond donors (Lipinski definition) is 0. The van der Waals surface area contributed by atoms with Crippen molar-refractivity contribution in [2.45, 2.75) is 20.0 Å². The third-order valence-corrected chi connectivity index (χ3v) is 3.23. The number of rotatable bonds is 2. The van der Waals surface area contributed by atoms with E-state index < -0.39 is 6.16 Å². The van der Waals surface area contributed by atoms with E-state index >= 15 is 0 Å². The van der Waals surface area contributed by atoms with Gasteiger partial charge in [0, 0.05) is 5.39 Å². The molecule has 0 N–H and O–H groups in total. The zero-order chi connectivity index (χ0) is 14.8. The van der Waals surface area contributed by atoms with Gasteiger partial charge in [-0.15, -0.1) is 0 Å². The van der Waals surface area contributed by atoms with Crippen molar-refractivity contribution < 1.29 is 14.3 Å². The van der Waals surface area contributed by atoms with Gasteiger partial charge in [-0.3, -0.25) is 0 Å². The molecule has 0 fully saturated rings. The summed E-state index contributed by atoms with van der Waals surface area (Å²) in [4.78, 5) is 11.7. The maximum absolute atomic E-state index is 11.7. The summed E-state index contributed by atoms with van der Waals surface area (Å²) in [5.74, 6) is 0.518. The molecular formula is C18H16O3. The van der Waals surface area contributed by atoms with E-state index in [1.165, 1.54) is 0 Å². The largest absolute Gasteiger partial charge is 0.514 e. The minimum atomic E-state index is -0.675. The van der Waals surface area contributed by atoms with E-state index in [0.29, 0.717) is 5.75 Å². The normalized spacial score (nSPS) is 11.0. The Morgan fingerprint density at radius 2 is 1.57 bits per heavy atom. The summed E-state index contributed by atoms with van der Waals surface area (Å²) in [6.45, 7) is 3.58. The first-order valence-electron chi connectivity index (χ1n) is 6.93. The monoisotopic (exact) mass is 280 g/mol. The van der Waals surface area contributed by atoms with Crippen molar-refractivity contribution in [1.82, 2.24) is 0 Å². The van der Waals surface area contributed by atoms with Crippen molar-refractivity contribution in [3.8, 4) is 5.75 Å². The van der Waals surface area contributed by atoms with E-state index in [-0.39, 0.29) is 6.10 Å². The summed E-state index contributed by atoms with van der Waals surface area (Å²) >= 11 is 0. The highest BCUT2D eigenvalue weighted by Gasteiger charge is 2.11. The molecule has 0 radical (unpaired) electrons. The molecule has 3 aromatic rings.